The number of carbonyl (C=O) groups excluding carboxylic acids is 3. The van der Waals surface area contributed by atoms with Gasteiger partial charge in [0.25, 0.3) is 17.7 Å². The molecule has 0 saturated carbocycles. The van der Waals surface area contributed by atoms with E-state index in [-0.39, 0.29) is 35.2 Å². The van der Waals surface area contributed by atoms with Crippen molar-refractivity contribution in [2.75, 3.05) is 26.2 Å². The summed E-state index contributed by atoms with van der Waals surface area (Å²) in [6.45, 7) is 5.70. The number of aliphatic hydroxyl groups excluding tert-OH is 1. The topological polar surface area (TPSA) is 122 Å². The Bertz CT molecular complexity index is 1370. The van der Waals surface area contributed by atoms with E-state index in [0.717, 1.165) is 30.4 Å². The lowest BCUT2D eigenvalue weighted by Crippen LogP contribution is -2.53. The summed E-state index contributed by atoms with van der Waals surface area (Å²) in [5.74, 6) is -1.28. The standard InChI is InChI=1S/C33H40N4O5/c1-3-23-13-10-14-25(19-23)32(41)35-37(4-2)22-30(39)28(20-24-11-6-5-7-12-24)34-31(40)26-15-16-27(29(38)21-26)33(42)36-17-8-9-18-36/h5-7,10-16,19,21,28,30,38-39H,3-4,8-9,17-18,20,22H2,1-2H3,(H,34,40)(H,35,41)/t28-,30+/m0/s1. The summed E-state index contributed by atoms with van der Waals surface area (Å²) in [5, 5.41) is 26.4. The Hall–Kier alpha value is -4.21. The molecule has 222 valence electrons. The number of rotatable bonds is 12. The van der Waals surface area contributed by atoms with E-state index in [2.05, 4.69) is 10.7 Å². The van der Waals surface area contributed by atoms with Gasteiger partial charge in [-0.3, -0.25) is 19.8 Å². The van der Waals surface area contributed by atoms with Crippen LogP contribution < -0.4 is 10.7 Å². The Morgan fingerprint density at radius 3 is 2.24 bits per heavy atom. The minimum Gasteiger partial charge on any atom is -0.507 e. The molecule has 1 fully saturated rings. The SMILES string of the molecule is CCc1cccc(C(=O)NN(CC)C[C@@H](O)[C@H](Cc2ccccc2)NC(=O)c2ccc(C(=O)N3CCCC3)c(O)c2)c1. The summed E-state index contributed by atoms with van der Waals surface area (Å²) < 4.78 is 0. The van der Waals surface area contributed by atoms with E-state index in [4.69, 9.17) is 0 Å². The van der Waals surface area contributed by atoms with Gasteiger partial charge in [0.05, 0.1) is 17.7 Å². The zero-order valence-corrected chi connectivity index (χ0v) is 24.3. The molecule has 3 aromatic rings. The van der Waals surface area contributed by atoms with Crippen molar-refractivity contribution < 1.29 is 24.6 Å². The molecule has 2 atom stereocenters. The summed E-state index contributed by atoms with van der Waals surface area (Å²) in [5.41, 5.74) is 5.70. The molecule has 1 heterocycles. The highest BCUT2D eigenvalue weighted by Gasteiger charge is 2.27. The second-order valence-electron chi connectivity index (χ2n) is 10.6. The van der Waals surface area contributed by atoms with Crippen molar-refractivity contribution in [2.24, 2.45) is 0 Å². The molecule has 42 heavy (non-hydrogen) atoms. The third-order valence-electron chi connectivity index (χ3n) is 7.61. The number of phenolic OH excluding ortho intramolecular Hbond substituents is 1. The van der Waals surface area contributed by atoms with Crippen molar-refractivity contribution in [1.82, 2.24) is 20.7 Å². The van der Waals surface area contributed by atoms with Crippen LogP contribution in [0.4, 0.5) is 0 Å². The summed E-state index contributed by atoms with van der Waals surface area (Å²) >= 11 is 0. The number of hydrogen-bond donors (Lipinski definition) is 4. The van der Waals surface area contributed by atoms with Gasteiger partial charge in [-0.25, -0.2) is 5.01 Å². The summed E-state index contributed by atoms with van der Waals surface area (Å²) in [4.78, 5) is 40.7. The number of amides is 3. The normalized spacial score (nSPS) is 14.4. The van der Waals surface area contributed by atoms with Crippen molar-refractivity contribution in [3.63, 3.8) is 0 Å². The van der Waals surface area contributed by atoms with Gasteiger partial charge in [-0.05, 0) is 67.1 Å². The van der Waals surface area contributed by atoms with Crippen LogP contribution in [-0.2, 0) is 12.8 Å². The van der Waals surface area contributed by atoms with Gasteiger partial charge in [0, 0.05) is 37.3 Å². The monoisotopic (exact) mass is 572 g/mol. The fourth-order valence-corrected chi connectivity index (χ4v) is 5.09. The third kappa shape index (κ3) is 7.96. The Morgan fingerprint density at radius 1 is 0.881 bits per heavy atom. The van der Waals surface area contributed by atoms with E-state index in [9.17, 15) is 24.6 Å². The number of hydrogen-bond acceptors (Lipinski definition) is 6. The lowest BCUT2D eigenvalue weighted by Gasteiger charge is -2.30. The molecule has 4 rings (SSSR count). The van der Waals surface area contributed by atoms with Crippen LogP contribution in [0.15, 0.2) is 72.8 Å². The minimum absolute atomic E-state index is 0.0714. The smallest absolute Gasteiger partial charge is 0.265 e. The zero-order valence-electron chi connectivity index (χ0n) is 24.3. The van der Waals surface area contributed by atoms with Crippen molar-refractivity contribution in [3.8, 4) is 5.75 Å². The summed E-state index contributed by atoms with van der Waals surface area (Å²) in [6.07, 6.45) is 1.98. The highest BCUT2D eigenvalue weighted by molar-refractivity contribution is 6.00. The van der Waals surface area contributed by atoms with E-state index < -0.39 is 18.1 Å². The first-order valence-electron chi connectivity index (χ1n) is 14.6. The molecule has 1 saturated heterocycles. The molecule has 4 N–H and O–H groups in total. The van der Waals surface area contributed by atoms with Gasteiger partial charge in [0.2, 0.25) is 0 Å². The van der Waals surface area contributed by atoms with E-state index in [0.29, 0.717) is 31.6 Å². The largest absolute Gasteiger partial charge is 0.507 e. The highest BCUT2D eigenvalue weighted by atomic mass is 16.3. The van der Waals surface area contributed by atoms with Crippen LogP contribution in [0, 0.1) is 0 Å². The molecule has 9 heteroatoms. The lowest BCUT2D eigenvalue weighted by atomic mass is 10.00. The number of phenols is 1. The predicted octanol–water partition coefficient (Wildman–Crippen LogP) is 3.56. The number of likely N-dealkylation sites (tertiary alicyclic amines) is 1. The first kappa shape index (κ1) is 30.7. The number of aryl methyl sites for hydroxylation is 1. The lowest BCUT2D eigenvalue weighted by molar-refractivity contribution is 0.0471. The maximum atomic E-state index is 13.3. The first-order chi connectivity index (χ1) is 20.3. The van der Waals surface area contributed by atoms with E-state index in [1.165, 1.54) is 18.2 Å². The fraction of sp³-hybridized carbons (Fsp3) is 0.364. The number of nitrogens with one attached hydrogen (secondary N) is 2. The van der Waals surface area contributed by atoms with Crippen LogP contribution >= 0.6 is 0 Å². The van der Waals surface area contributed by atoms with Gasteiger partial charge in [-0.15, -0.1) is 0 Å². The van der Waals surface area contributed by atoms with Crippen LogP contribution in [0.5, 0.6) is 5.75 Å². The average molecular weight is 573 g/mol. The Labute approximate surface area is 247 Å². The molecular weight excluding hydrogens is 532 g/mol. The quantitative estimate of drug-likeness (QED) is 0.246. The number of benzene rings is 3. The summed E-state index contributed by atoms with van der Waals surface area (Å²) in [7, 11) is 0. The van der Waals surface area contributed by atoms with Gasteiger partial charge in [-0.2, -0.15) is 0 Å². The molecule has 9 nitrogen and oxygen atoms in total. The molecule has 1 aliphatic heterocycles. The average Bonchev–Trinajstić information content (AvgIpc) is 3.55. The number of likely N-dealkylation sites (N-methyl/N-ethyl adjacent to an activating group) is 1. The molecule has 0 bridgehead atoms. The maximum absolute atomic E-state index is 13.3. The van der Waals surface area contributed by atoms with Crippen molar-refractivity contribution in [2.45, 2.75) is 51.7 Å². The zero-order chi connectivity index (χ0) is 30.1. The predicted molar refractivity (Wildman–Crippen MR) is 161 cm³/mol. The highest BCUT2D eigenvalue weighted by Crippen LogP contribution is 2.23. The van der Waals surface area contributed by atoms with Crippen LogP contribution in [0.1, 0.15) is 68.9 Å². The first-order valence-corrected chi connectivity index (χ1v) is 14.6. The number of aromatic hydroxyl groups is 1. The Morgan fingerprint density at radius 2 is 1.57 bits per heavy atom. The molecule has 1 aliphatic rings. The molecule has 3 amide bonds. The van der Waals surface area contributed by atoms with Crippen LogP contribution in [0.25, 0.3) is 0 Å². The van der Waals surface area contributed by atoms with Gasteiger partial charge in [0.15, 0.2) is 0 Å². The van der Waals surface area contributed by atoms with Crippen LogP contribution in [0.2, 0.25) is 0 Å². The number of nitrogens with zero attached hydrogens (tertiary/aromatic N) is 2. The fourth-order valence-electron chi connectivity index (χ4n) is 5.09. The van der Waals surface area contributed by atoms with E-state index in [1.807, 2.05) is 62.4 Å². The minimum atomic E-state index is -1.04. The summed E-state index contributed by atoms with van der Waals surface area (Å²) in [6, 6.07) is 20.4. The van der Waals surface area contributed by atoms with Crippen LogP contribution in [0.3, 0.4) is 0 Å². The molecule has 0 aliphatic carbocycles. The van der Waals surface area contributed by atoms with Crippen LogP contribution in [-0.4, -0.2) is 76.2 Å². The molecule has 0 radical (unpaired) electrons. The molecular formula is C33H40N4O5. The van der Waals surface area contributed by atoms with Crippen molar-refractivity contribution in [3.05, 3.63) is 101 Å². The Kier molecular flexibility index (Phi) is 10.7. The number of aliphatic hydroxyl groups is 1. The van der Waals surface area contributed by atoms with E-state index >= 15 is 0 Å². The number of hydrazine groups is 1. The Balaban J connectivity index is 1.47. The van der Waals surface area contributed by atoms with Gasteiger partial charge in [-0.1, -0.05) is 56.3 Å². The number of carbonyl (C=O) groups is 3. The molecule has 3 aromatic carbocycles. The second kappa shape index (κ2) is 14.6. The maximum Gasteiger partial charge on any atom is 0.265 e. The molecule has 0 spiro atoms. The van der Waals surface area contributed by atoms with Gasteiger partial charge >= 0.3 is 0 Å². The van der Waals surface area contributed by atoms with Crippen molar-refractivity contribution in [1.29, 1.82) is 0 Å². The molecule has 0 aromatic heterocycles. The van der Waals surface area contributed by atoms with Crippen molar-refractivity contribution >= 4 is 17.7 Å². The van der Waals surface area contributed by atoms with Gasteiger partial charge < -0.3 is 20.4 Å². The molecule has 0 unspecified atom stereocenters. The van der Waals surface area contributed by atoms with E-state index in [1.54, 1.807) is 16.0 Å². The van der Waals surface area contributed by atoms with Gasteiger partial charge in [0.1, 0.15) is 5.75 Å². The second-order valence-corrected chi connectivity index (χ2v) is 10.6. The third-order valence-corrected chi connectivity index (χ3v) is 7.61.